The van der Waals surface area contributed by atoms with Crippen LogP contribution < -0.4 is 15.4 Å². The topological polar surface area (TPSA) is 48.9 Å². The maximum absolute atomic E-state index is 5.17. The number of ether oxygens (including phenoxy) is 1. The van der Waals surface area contributed by atoms with Gasteiger partial charge >= 0.3 is 0 Å². The summed E-state index contributed by atoms with van der Waals surface area (Å²) in [7, 11) is 5.66. The van der Waals surface area contributed by atoms with Gasteiger partial charge in [0.25, 0.3) is 0 Å². The lowest BCUT2D eigenvalue weighted by Crippen LogP contribution is -2.41. The van der Waals surface area contributed by atoms with Gasteiger partial charge in [-0.15, -0.1) is 0 Å². The van der Waals surface area contributed by atoms with E-state index >= 15 is 0 Å². The van der Waals surface area contributed by atoms with E-state index in [4.69, 9.17) is 4.74 Å². The molecule has 0 heterocycles. The molecule has 0 aliphatic carbocycles. The third-order valence-electron chi connectivity index (χ3n) is 3.77. The highest BCUT2D eigenvalue weighted by Gasteiger charge is 2.00. The van der Waals surface area contributed by atoms with E-state index in [0.717, 1.165) is 44.3 Å². The van der Waals surface area contributed by atoms with Crippen molar-refractivity contribution >= 4 is 5.96 Å². The van der Waals surface area contributed by atoms with Crippen molar-refractivity contribution in [3.63, 3.8) is 0 Å². The Morgan fingerprint density at radius 3 is 2.43 bits per heavy atom. The van der Waals surface area contributed by atoms with Gasteiger partial charge < -0.3 is 20.3 Å². The zero-order chi connectivity index (χ0) is 16.9. The molecule has 0 aliphatic rings. The number of hydrogen-bond acceptors (Lipinski definition) is 3. The molecule has 0 radical (unpaired) electrons. The van der Waals surface area contributed by atoms with Gasteiger partial charge in [0.2, 0.25) is 0 Å². The lowest BCUT2D eigenvalue weighted by atomic mass is 10.1. The highest BCUT2D eigenvalue weighted by molar-refractivity contribution is 5.79. The summed E-state index contributed by atoms with van der Waals surface area (Å²) < 4.78 is 5.17. The highest BCUT2D eigenvalue weighted by Crippen LogP contribution is 2.11. The Balaban J connectivity index is 2.20. The van der Waals surface area contributed by atoms with E-state index in [1.54, 1.807) is 7.11 Å². The molecular formula is C18H32N4O. The normalized spacial score (nSPS) is 11.6. The number of aliphatic imine (C=N–C) groups is 1. The number of guanidine groups is 1. The minimum absolute atomic E-state index is 0.859. The van der Waals surface area contributed by atoms with Crippen molar-refractivity contribution in [3.8, 4) is 5.75 Å². The van der Waals surface area contributed by atoms with Crippen molar-refractivity contribution in [3.05, 3.63) is 29.8 Å². The van der Waals surface area contributed by atoms with Gasteiger partial charge in [-0.25, -0.2) is 0 Å². The first kappa shape index (κ1) is 19.3. The van der Waals surface area contributed by atoms with Crippen LogP contribution in [-0.4, -0.2) is 58.2 Å². The summed E-state index contributed by atoms with van der Waals surface area (Å²) in [6.07, 6.45) is 3.46. The average molecular weight is 320 g/mol. The average Bonchev–Trinajstić information content (AvgIpc) is 2.59. The van der Waals surface area contributed by atoms with E-state index in [-0.39, 0.29) is 0 Å². The number of nitrogens with zero attached hydrogens (tertiary/aromatic N) is 2. The van der Waals surface area contributed by atoms with Crippen molar-refractivity contribution in [2.45, 2.75) is 26.2 Å². The molecule has 2 N–H and O–H groups in total. The minimum Gasteiger partial charge on any atom is -0.497 e. The molecule has 1 rings (SSSR count). The fraction of sp³-hybridized carbons (Fsp3) is 0.611. The highest BCUT2D eigenvalue weighted by atomic mass is 16.5. The fourth-order valence-corrected chi connectivity index (χ4v) is 2.24. The number of benzene rings is 1. The number of methoxy groups -OCH3 is 1. The Hall–Kier alpha value is -1.75. The van der Waals surface area contributed by atoms with Crippen LogP contribution in [0.4, 0.5) is 0 Å². The van der Waals surface area contributed by atoms with Gasteiger partial charge in [-0.1, -0.05) is 25.5 Å². The van der Waals surface area contributed by atoms with Crippen molar-refractivity contribution < 1.29 is 4.74 Å². The lowest BCUT2D eigenvalue weighted by molar-refractivity contribution is 0.332. The molecule has 0 saturated heterocycles. The molecule has 1 aromatic carbocycles. The van der Waals surface area contributed by atoms with Crippen LogP contribution >= 0.6 is 0 Å². The van der Waals surface area contributed by atoms with E-state index in [1.165, 1.54) is 18.4 Å². The molecule has 0 amide bonds. The van der Waals surface area contributed by atoms with Gasteiger partial charge in [-0.3, -0.25) is 4.99 Å². The predicted octanol–water partition coefficient (Wildman–Crippen LogP) is 2.13. The maximum atomic E-state index is 5.17. The molecule has 0 saturated carbocycles. The second kappa shape index (κ2) is 11.8. The maximum Gasteiger partial charge on any atom is 0.191 e. The second-order valence-electron chi connectivity index (χ2n) is 5.68. The summed E-state index contributed by atoms with van der Waals surface area (Å²) in [5, 5.41) is 6.71. The third-order valence-corrected chi connectivity index (χ3v) is 3.77. The van der Waals surface area contributed by atoms with E-state index in [9.17, 15) is 0 Å². The SMILES string of the molecule is CCCCN(C)CCNC(=NC)NCCc1ccc(OC)cc1. The molecule has 0 bridgehead atoms. The van der Waals surface area contributed by atoms with Crippen LogP contribution in [0.2, 0.25) is 0 Å². The molecule has 130 valence electrons. The predicted molar refractivity (Wildman–Crippen MR) is 98.5 cm³/mol. The van der Waals surface area contributed by atoms with Crippen LogP contribution in [0.1, 0.15) is 25.3 Å². The molecule has 1 aromatic rings. The number of rotatable bonds is 10. The summed E-state index contributed by atoms with van der Waals surface area (Å²) in [6.45, 7) is 6.17. The Morgan fingerprint density at radius 1 is 1.13 bits per heavy atom. The lowest BCUT2D eigenvalue weighted by Gasteiger charge is -2.18. The number of unbranched alkanes of at least 4 members (excludes halogenated alkanes) is 1. The molecule has 0 spiro atoms. The smallest absolute Gasteiger partial charge is 0.191 e. The van der Waals surface area contributed by atoms with E-state index in [2.05, 4.69) is 46.6 Å². The Bertz CT molecular complexity index is 445. The van der Waals surface area contributed by atoms with Crippen molar-refractivity contribution in [2.24, 2.45) is 4.99 Å². The Morgan fingerprint density at radius 2 is 1.83 bits per heavy atom. The molecule has 0 fully saturated rings. The van der Waals surface area contributed by atoms with Crippen molar-refractivity contribution in [1.82, 2.24) is 15.5 Å². The quantitative estimate of drug-likeness (QED) is 0.512. The fourth-order valence-electron chi connectivity index (χ4n) is 2.24. The molecule has 5 heteroatoms. The zero-order valence-corrected chi connectivity index (χ0v) is 15.1. The van der Waals surface area contributed by atoms with Crippen LogP contribution in [0, 0.1) is 0 Å². The van der Waals surface area contributed by atoms with Crippen LogP contribution in [0.15, 0.2) is 29.3 Å². The van der Waals surface area contributed by atoms with Crippen LogP contribution in [0.5, 0.6) is 5.75 Å². The molecule has 23 heavy (non-hydrogen) atoms. The largest absolute Gasteiger partial charge is 0.497 e. The second-order valence-corrected chi connectivity index (χ2v) is 5.68. The summed E-state index contributed by atoms with van der Waals surface area (Å²) in [4.78, 5) is 6.61. The Labute approximate surface area is 141 Å². The van der Waals surface area contributed by atoms with Gasteiger partial charge in [-0.05, 0) is 44.1 Å². The molecule has 0 atom stereocenters. The standard InChI is InChI=1S/C18H32N4O/c1-5-6-14-22(3)15-13-21-18(19-2)20-12-11-16-7-9-17(23-4)10-8-16/h7-10H,5-6,11-15H2,1-4H3,(H2,19,20,21). The molecule has 0 aliphatic heterocycles. The van der Waals surface area contributed by atoms with Crippen LogP contribution in [-0.2, 0) is 6.42 Å². The van der Waals surface area contributed by atoms with Crippen molar-refractivity contribution in [1.29, 1.82) is 0 Å². The zero-order valence-electron chi connectivity index (χ0n) is 15.1. The summed E-state index contributed by atoms with van der Waals surface area (Å²) in [5.74, 6) is 1.76. The first-order valence-corrected chi connectivity index (χ1v) is 8.45. The van der Waals surface area contributed by atoms with Crippen molar-refractivity contribution in [2.75, 3.05) is 47.4 Å². The van der Waals surface area contributed by atoms with E-state index < -0.39 is 0 Å². The third kappa shape index (κ3) is 8.45. The number of hydrogen-bond donors (Lipinski definition) is 2. The first-order valence-electron chi connectivity index (χ1n) is 8.45. The molecule has 0 aromatic heterocycles. The van der Waals surface area contributed by atoms with Crippen LogP contribution in [0.3, 0.4) is 0 Å². The van der Waals surface area contributed by atoms with Gasteiger partial charge in [0.15, 0.2) is 5.96 Å². The summed E-state index contributed by atoms with van der Waals surface area (Å²) >= 11 is 0. The van der Waals surface area contributed by atoms with Gasteiger partial charge in [0.1, 0.15) is 5.75 Å². The number of likely N-dealkylation sites (N-methyl/N-ethyl adjacent to an activating group) is 1. The van der Waals surface area contributed by atoms with E-state index in [1.807, 2.05) is 19.2 Å². The minimum atomic E-state index is 0.859. The van der Waals surface area contributed by atoms with E-state index in [0.29, 0.717) is 0 Å². The monoisotopic (exact) mass is 320 g/mol. The number of nitrogens with one attached hydrogen (secondary N) is 2. The Kier molecular flexibility index (Phi) is 9.87. The molecular weight excluding hydrogens is 288 g/mol. The molecule has 5 nitrogen and oxygen atoms in total. The summed E-state index contributed by atoms with van der Waals surface area (Å²) in [5.41, 5.74) is 1.29. The van der Waals surface area contributed by atoms with Crippen LogP contribution in [0.25, 0.3) is 0 Å². The van der Waals surface area contributed by atoms with Gasteiger partial charge in [-0.2, -0.15) is 0 Å². The summed E-state index contributed by atoms with van der Waals surface area (Å²) in [6, 6.07) is 8.18. The first-order chi connectivity index (χ1) is 11.2. The van der Waals surface area contributed by atoms with Gasteiger partial charge in [0.05, 0.1) is 7.11 Å². The van der Waals surface area contributed by atoms with Gasteiger partial charge in [0, 0.05) is 26.7 Å². The molecule has 0 unspecified atom stereocenters.